The molecule has 5 heteroatoms. The molecule has 2 rings (SSSR count). The molecule has 0 saturated heterocycles. The minimum absolute atomic E-state index is 0.293. The topological polar surface area (TPSA) is 37.0 Å². The number of anilines is 2. The van der Waals surface area contributed by atoms with Gasteiger partial charge in [0.2, 0.25) is 0 Å². The third-order valence-electron chi connectivity index (χ3n) is 2.59. The van der Waals surface area contributed by atoms with Crippen molar-refractivity contribution < 1.29 is 0 Å². The van der Waals surface area contributed by atoms with E-state index in [1.165, 1.54) is 0 Å². The van der Waals surface area contributed by atoms with Crippen LogP contribution in [0.5, 0.6) is 0 Å². The van der Waals surface area contributed by atoms with Crippen molar-refractivity contribution in [3.05, 3.63) is 39.8 Å². The van der Waals surface area contributed by atoms with Crippen molar-refractivity contribution >= 4 is 38.1 Å². The molecule has 1 aromatic heterocycles. The van der Waals surface area contributed by atoms with Gasteiger partial charge in [0.25, 0.3) is 0 Å². The summed E-state index contributed by atoms with van der Waals surface area (Å²) in [5, 5.41) is 9.69. The van der Waals surface area contributed by atoms with Gasteiger partial charge in [-0.25, -0.2) is 4.98 Å². The van der Waals surface area contributed by atoms with Crippen LogP contribution in [0.2, 0.25) is 0 Å². The molecule has 0 saturated carbocycles. The summed E-state index contributed by atoms with van der Waals surface area (Å²) >= 11 is 5.14. The van der Waals surface area contributed by atoms with E-state index >= 15 is 0 Å². The molecule has 0 radical (unpaired) electrons. The predicted octanol–water partition coefficient (Wildman–Crippen LogP) is 4.32. The van der Waals surface area contributed by atoms with E-state index in [9.17, 15) is 0 Å². The molecule has 18 heavy (non-hydrogen) atoms. The SMILES string of the molecule is CCNC(C)c1csc(Nc2ccccc2Br)n1. The van der Waals surface area contributed by atoms with Gasteiger partial charge in [-0.05, 0) is 41.5 Å². The van der Waals surface area contributed by atoms with Gasteiger partial charge in [0.15, 0.2) is 5.13 Å². The highest BCUT2D eigenvalue weighted by atomic mass is 79.9. The minimum Gasteiger partial charge on any atom is -0.331 e. The lowest BCUT2D eigenvalue weighted by Gasteiger charge is -2.08. The molecule has 1 atom stereocenters. The zero-order valence-corrected chi connectivity index (χ0v) is 12.8. The van der Waals surface area contributed by atoms with Gasteiger partial charge in [0.05, 0.1) is 11.4 Å². The normalized spacial score (nSPS) is 12.4. The number of halogens is 1. The molecule has 0 bridgehead atoms. The van der Waals surface area contributed by atoms with Crippen molar-refractivity contribution in [2.75, 3.05) is 11.9 Å². The Morgan fingerprint density at radius 2 is 2.17 bits per heavy atom. The van der Waals surface area contributed by atoms with Gasteiger partial charge in [-0.1, -0.05) is 19.1 Å². The lowest BCUT2D eigenvalue weighted by Crippen LogP contribution is -2.17. The van der Waals surface area contributed by atoms with E-state index in [-0.39, 0.29) is 0 Å². The molecule has 2 N–H and O–H groups in total. The Bertz CT molecular complexity index is 512. The number of thiazole rings is 1. The van der Waals surface area contributed by atoms with E-state index in [0.29, 0.717) is 6.04 Å². The Hall–Kier alpha value is -0.910. The van der Waals surface area contributed by atoms with Crippen molar-refractivity contribution in [1.29, 1.82) is 0 Å². The zero-order chi connectivity index (χ0) is 13.0. The van der Waals surface area contributed by atoms with Gasteiger partial charge in [-0.3, -0.25) is 0 Å². The number of nitrogens with one attached hydrogen (secondary N) is 2. The van der Waals surface area contributed by atoms with E-state index < -0.39 is 0 Å². The van der Waals surface area contributed by atoms with Crippen LogP contribution in [0.15, 0.2) is 34.1 Å². The third-order valence-corrected chi connectivity index (χ3v) is 4.06. The summed E-state index contributed by atoms with van der Waals surface area (Å²) in [7, 11) is 0. The largest absolute Gasteiger partial charge is 0.331 e. The third kappa shape index (κ3) is 3.31. The summed E-state index contributed by atoms with van der Waals surface area (Å²) in [4.78, 5) is 4.59. The second-order valence-corrected chi connectivity index (χ2v) is 5.67. The maximum absolute atomic E-state index is 4.59. The lowest BCUT2D eigenvalue weighted by atomic mass is 10.3. The van der Waals surface area contributed by atoms with Crippen LogP contribution in [-0.2, 0) is 0 Å². The van der Waals surface area contributed by atoms with Crippen molar-refractivity contribution in [1.82, 2.24) is 10.3 Å². The summed E-state index contributed by atoms with van der Waals surface area (Å²) in [5.74, 6) is 0. The molecule has 1 heterocycles. The van der Waals surface area contributed by atoms with E-state index in [2.05, 4.69) is 50.8 Å². The average Bonchev–Trinajstić information content (AvgIpc) is 2.81. The zero-order valence-electron chi connectivity index (χ0n) is 10.4. The summed E-state index contributed by atoms with van der Waals surface area (Å²) in [5.41, 5.74) is 2.12. The van der Waals surface area contributed by atoms with E-state index in [1.54, 1.807) is 11.3 Å². The van der Waals surface area contributed by atoms with Crippen LogP contribution in [0, 0.1) is 0 Å². The molecule has 0 aliphatic heterocycles. The van der Waals surface area contributed by atoms with Gasteiger partial charge in [0, 0.05) is 15.9 Å². The Morgan fingerprint density at radius 1 is 1.39 bits per heavy atom. The van der Waals surface area contributed by atoms with Gasteiger partial charge < -0.3 is 10.6 Å². The molecule has 1 aromatic carbocycles. The highest BCUT2D eigenvalue weighted by molar-refractivity contribution is 9.10. The van der Waals surface area contributed by atoms with Crippen LogP contribution in [0.1, 0.15) is 25.6 Å². The smallest absolute Gasteiger partial charge is 0.187 e. The summed E-state index contributed by atoms with van der Waals surface area (Å²) < 4.78 is 1.04. The lowest BCUT2D eigenvalue weighted by molar-refractivity contribution is 0.587. The number of nitrogens with zero attached hydrogens (tertiary/aromatic N) is 1. The fraction of sp³-hybridized carbons (Fsp3) is 0.308. The second kappa shape index (κ2) is 6.31. The monoisotopic (exact) mass is 325 g/mol. The highest BCUT2D eigenvalue weighted by Gasteiger charge is 2.09. The van der Waals surface area contributed by atoms with Crippen LogP contribution in [0.4, 0.5) is 10.8 Å². The number of hydrogen-bond donors (Lipinski definition) is 2. The summed E-state index contributed by atoms with van der Waals surface area (Å²) in [6, 6.07) is 8.33. The molecule has 0 spiro atoms. The van der Waals surface area contributed by atoms with Crippen LogP contribution >= 0.6 is 27.3 Å². The summed E-state index contributed by atoms with van der Waals surface area (Å²) in [6.45, 7) is 5.18. The number of hydrogen-bond acceptors (Lipinski definition) is 4. The van der Waals surface area contributed by atoms with Crippen molar-refractivity contribution in [2.45, 2.75) is 19.9 Å². The van der Waals surface area contributed by atoms with Crippen molar-refractivity contribution in [2.24, 2.45) is 0 Å². The van der Waals surface area contributed by atoms with Gasteiger partial charge in [0.1, 0.15) is 0 Å². The molecule has 0 aliphatic rings. The number of aromatic nitrogens is 1. The number of benzene rings is 1. The molecule has 1 unspecified atom stereocenters. The van der Waals surface area contributed by atoms with Crippen LogP contribution in [0.3, 0.4) is 0 Å². The van der Waals surface area contributed by atoms with Crippen molar-refractivity contribution in [3.63, 3.8) is 0 Å². The van der Waals surface area contributed by atoms with E-state index in [1.807, 2.05) is 24.3 Å². The fourth-order valence-electron chi connectivity index (χ4n) is 1.63. The Labute approximate surface area is 120 Å². The number of para-hydroxylation sites is 1. The Balaban J connectivity index is 2.09. The molecule has 3 nitrogen and oxygen atoms in total. The standard InChI is InChI=1S/C13H16BrN3S/c1-3-15-9(2)12-8-18-13(17-12)16-11-7-5-4-6-10(11)14/h4-9,15H,3H2,1-2H3,(H,16,17). The van der Waals surface area contributed by atoms with Gasteiger partial charge in [-0.2, -0.15) is 0 Å². The first-order chi connectivity index (χ1) is 8.70. The minimum atomic E-state index is 0.293. The van der Waals surface area contributed by atoms with Gasteiger partial charge in [-0.15, -0.1) is 11.3 Å². The maximum Gasteiger partial charge on any atom is 0.187 e. The second-order valence-electron chi connectivity index (χ2n) is 3.96. The van der Waals surface area contributed by atoms with E-state index in [0.717, 1.165) is 27.5 Å². The highest BCUT2D eigenvalue weighted by Crippen LogP contribution is 2.28. The van der Waals surface area contributed by atoms with Crippen LogP contribution < -0.4 is 10.6 Å². The predicted molar refractivity (Wildman–Crippen MR) is 81.6 cm³/mol. The number of rotatable bonds is 5. The van der Waals surface area contributed by atoms with E-state index in [4.69, 9.17) is 0 Å². The first kappa shape index (κ1) is 13.5. The van der Waals surface area contributed by atoms with Gasteiger partial charge >= 0.3 is 0 Å². The first-order valence-electron chi connectivity index (χ1n) is 5.91. The maximum atomic E-state index is 4.59. The molecular formula is C13H16BrN3S. The molecule has 2 aromatic rings. The van der Waals surface area contributed by atoms with Crippen LogP contribution in [0.25, 0.3) is 0 Å². The average molecular weight is 326 g/mol. The van der Waals surface area contributed by atoms with Crippen LogP contribution in [-0.4, -0.2) is 11.5 Å². The first-order valence-corrected chi connectivity index (χ1v) is 7.58. The molecule has 0 aliphatic carbocycles. The molecular weight excluding hydrogens is 310 g/mol. The molecule has 0 amide bonds. The Kier molecular flexibility index (Phi) is 4.74. The quantitative estimate of drug-likeness (QED) is 0.859. The fourth-order valence-corrected chi connectivity index (χ4v) is 2.83. The van der Waals surface area contributed by atoms with Crippen molar-refractivity contribution in [3.8, 4) is 0 Å². The molecule has 96 valence electrons. The Morgan fingerprint density at radius 3 is 2.89 bits per heavy atom. The summed E-state index contributed by atoms with van der Waals surface area (Å²) in [6.07, 6.45) is 0. The molecule has 0 fully saturated rings.